The van der Waals surface area contributed by atoms with Crippen LogP contribution in [0.25, 0.3) is 10.9 Å². The van der Waals surface area contributed by atoms with Crippen molar-refractivity contribution in [1.82, 2.24) is 4.98 Å². The summed E-state index contributed by atoms with van der Waals surface area (Å²) in [6.07, 6.45) is 1.01. The number of aromatic nitrogens is 1. The van der Waals surface area contributed by atoms with Crippen molar-refractivity contribution >= 4 is 10.9 Å². The maximum absolute atomic E-state index is 5.69. The summed E-state index contributed by atoms with van der Waals surface area (Å²) in [6.45, 7) is 9.55. The van der Waals surface area contributed by atoms with Gasteiger partial charge in [-0.15, -0.1) is 0 Å². The fourth-order valence-electron chi connectivity index (χ4n) is 2.39. The van der Waals surface area contributed by atoms with E-state index >= 15 is 0 Å². The molecule has 3 N–H and O–H groups in total. The van der Waals surface area contributed by atoms with Crippen LogP contribution in [0.15, 0.2) is 18.2 Å². The summed E-state index contributed by atoms with van der Waals surface area (Å²) in [4.78, 5) is 3.41. The molecule has 0 bridgehead atoms. The standard InChI is InChI=1S/C15H22N2/c1-10-11(2)17-14-6-5-12(9-13(10)14)15(3,4)7-8-16/h5-6,9,17H,7-8,16H2,1-4H3. The highest BCUT2D eigenvalue weighted by Crippen LogP contribution is 2.30. The van der Waals surface area contributed by atoms with Crippen LogP contribution in [0, 0.1) is 13.8 Å². The molecule has 0 spiro atoms. The molecule has 1 aromatic heterocycles. The van der Waals surface area contributed by atoms with Gasteiger partial charge in [0.1, 0.15) is 0 Å². The van der Waals surface area contributed by atoms with Gasteiger partial charge in [-0.3, -0.25) is 0 Å². The molecule has 0 radical (unpaired) electrons. The smallest absolute Gasteiger partial charge is 0.0458 e. The molecule has 0 aliphatic rings. The molecular weight excluding hydrogens is 208 g/mol. The first kappa shape index (κ1) is 12.2. The maximum atomic E-state index is 5.69. The van der Waals surface area contributed by atoms with Crippen molar-refractivity contribution in [2.45, 2.75) is 39.5 Å². The predicted octanol–water partition coefficient (Wildman–Crippen LogP) is 3.41. The van der Waals surface area contributed by atoms with Gasteiger partial charge in [-0.25, -0.2) is 0 Å². The largest absolute Gasteiger partial charge is 0.358 e. The second kappa shape index (κ2) is 4.19. The molecule has 1 heterocycles. The third kappa shape index (κ3) is 2.09. The van der Waals surface area contributed by atoms with E-state index in [-0.39, 0.29) is 5.41 Å². The SMILES string of the molecule is Cc1[nH]c2ccc(C(C)(C)CCN)cc2c1C. The van der Waals surface area contributed by atoms with Crippen LogP contribution < -0.4 is 5.73 Å². The summed E-state index contributed by atoms with van der Waals surface area (Å²) in [5.41, 5.74) is 11.1. The Morgan fingerprint density at radius 2 is 1.94 bits per heavy atom. The number of nitrogens with one attached hydrogen (secondary N) is 1. The zero-order valence-electron chi connectivity index (χ0n) is 11.2. The van der Waals surface area contributed by atoms with Crippen molar-refractivity contribution in [3.8, 4) is 0 Å². The van der Waals surface area contributed by atoms with Crippen molar-refractivity contribution in [3.63, 3.8) is 0 Å². The van der Waals surface area contributed by atoms with E-state index in [0.29, 0.717) is 0 Å². The predicted molar refractivity (Wildman–Crippen MR) is 74.5 cm³/mol. The molecule has 2 nitrogen and oxygen atoms in total. The highest BCUT2D eigenvalue weighted by molar-refractivity contribution is 5.85. The Kier molecular flexibility index (Phi) is 3.00. The van der Waals surface area contributed by atoms with Gasteiger partial charge in [0, 0.05) is 16.6 Å². The summed E-state index contributed by atoms with van der Waals surface area (Å²) < 4.78 is 0. The van der Waals surface area contributed by atoms with Crippen LogP contribution in [-0.2, 0) is 5.41 Å². The van der Waals surface area contributed by atoms with Crippen LogP contribution in [0.2, 0.25) is 0 Å². The van der Waals surface area contributed by atoms with Crippen molar-refractivity contribution in [3.05, 3.63) is 35.0 Å². The molecule has 0 atom stereocenters. The molecule has 2 heteroatoms. The summed E-state index contributed by atoms with van der Waals surface area (Å²) in [5, 5.41) is 1.34. The quantitative estimate of drug-likeness (QED) is 0.833. The lowest BCUT2D eigenvalue weighted by Gasteiger charge is -2.24. The number of benzene rings is 1. The molecule has 17 heavy (non-hydrogen) atoms. The van der Waals surface area contributed by atoms with Crippen molar-refractivity contribution in [2.24, 2.45) is 5.73 Å². The maximum Gasteiger partial charge on any atom is 0.0458 e. The molecule has 0 aliphatic heterocycles. The molecule has 0 fully saturated rings. The van der Waals surface area contributed by atoms with Crippen LogP contribution in [-0.4, -0.2) is 11.5 Å². The molecule has 2 aromatic rings. The van der Waals surface area contributed by atoms with E-state index < -0.39 is 0 Å². The third-order valence-corrected chi connectivity index (χ3v) is 3.86. The number of aromatic amines is 1. The lowest BCUT2D eigenvalue weighted by molar-refractivity contribution is 0.488. The van der Waals surface area contributed by atoms with Gasteiger partial charge in [0.25, 0.3) is 0 Å². The first-order valence-electron chi connectivity index (χ1n) is 6.25. The van der Waals surface area contributed by atoms with E-state index in [9.17, 15) is 0 Å². The zero-order valence-corrected chi connectivity index (χ0v) is 11.2. The van der Waals surface area contributed by atoms with E-state index in [2.05, 4.69) is 50.9 Å². The van der Waals surface area contributed by atoms with Gasteiger partial charge in [-0.1, -0.05) is 19.9 Å². The molecule has 0 unspecified atom stereocenters. The molecule has 0 aliphatic carbocycles. The number of hydrogen-bond acceptors (Lipinski definition) is 1. The highest BCUT2D eigenvalue weighted by atomic mass is 14.7. The molecule has 0 saturated heterocycles. The third-order valence-electron chi connectivity index (χ3n) is 3.86. The molecule has 1 aromatic carbocycles. The number of H-pyrrole nitrogens is 1. The summed E-state index contributed by atoms with van der Waals surface area (Å²) in [5.74, 6) is 0. The van der Waals surface area contributed by atoms with Gasteiger partial charge < -0.3 is 10.7 Å². The van der Waals surface area contributed by atoms with E-state index in [1.54, 1.807) is 0 Å². The normalized spacial score (nSPS) is 12.3. The Bertz CT molecular complexity index is 535. The summed E-state index contributed by atoms with van der Waals surface area (Å²) in [6, 6.07) is 6.71. The van der Waals surface area contributed by atoms with E-state index in [0.717, 1.165) is 13.0 Å². The van der Waals surface area contributed by atoms with Gasteiger partial charge in [0.2, 0.25) is 0 Å². The average molecular weight is 230 g/mol. The first-order chi connectivity index (χ1) is 7.95. The van der Waals surface area contributed by atoms with Gasteiger partial charge in [-0.2, -0.15) is 0 Å². The summed E-state index contributed by atoms with van der Waals surface area (Å²) >= 11 is 0. The number of fused-ring (bicyclic) bond motifs is 1. The molecular formula is C15H22N2. The number of hydrogen-bond donors (Lipinski definition) is 2. The van der Waals surface area contributed by atoms with Crippen molar-refractivity contribution < 1.29 is 0 Å². The highest BCUT2D eigenvalue weighted by Gasteiger charge is 2.20. The minimum absolute atomic E-state index is 0.153. The van der Waals surface area contributed by atoms with Gasteiger partial charge in [-0.05, 0) is 55.5 Å². The van der Waals surface area contributed by atoms with Gasteiger partial charge in [0.05, 0.1) is 0 Å². The zero-order chi connectivity index (χ0) is 12.6. The van der Waals surface area contributed by atoms with Crippen LogP contribution in [0.3, 0.4) is 0 Å². The lowest BCUT2D eigenvalue weighted by Crippen LogP contribution is -2.21. The van der Waals surface area contributed by atoms with Gasteiger partial charge >= 0.3 is 0 Å². The molecule has 92 valence electrons. The minimum atomic E-state index is 0.153. The van der Waals surface area contributed by atoms with E-state index in [4.69, 9.17) is 5.73 Å². The van der Waals surface area contributed by atoms with Crippen LogP contribution in [0.1, 0.15) is 37.1 Å². The number of aryl methyl sites for hydroxylation is 2. The Morgan fingerprint density at radius 1 is 1.24 bits per heavy atom. The monoisotopic (exact) mass is 230 g/mol. The molecule has 0 amide bonds. The van der Waals surface area contributed by atoms with Crippen LogP contribution in [0.4, 0.5) is 0 Å². The Labute approximate surface area is 103 Å². The van der Waals surface area contributed by atoms with E-state index in [1.807, 2.05) is 0 Å². The Balaban J connectivity index is 2.54. The Hall–Kier alpha value is -1.28. The second-order valence-corrected chi connectivity index (χ2v) is 5.56. The lowest BCUT2D eigenvalue weighted by atomic mass is 9.81. The Morgan fingerprint density at radius 3 is 2.59 bits per heavy atom. The van der Waals surface area contributed by atoms with E-state index in [1.165, 1.54) is 27.7 Å². The summed E-state index contributed by atoms with van der Waals surface area (Å²) in [7, 11) is 0. The molecule has 2 rings (SSSR count). The number of rotatable bonds is 3. The second-order valence-electron chi connectivity index (χ2n) is 5.56. The first-order valence-corrected chi connectivity index (χ1v) is 6.25. The van der Waals surface area contributed by atoms with Crippen molar-refractivity contribution in [2.75, 3.05) is 6.54 Å². The fraction of sp³-hybridized carbons (Fsp3) is 0.467. The molecule has 0 saturated carbocycles. The van der Waals surface area contributed by atoms with Crippen molar-refractivity contribution in [1.29, 1.82) is 0 Å². The van der Waals surface area contributed by atoms with Crippen LogP contribution in [0.5, 0.6) is 0 Å². The topological polar surface area (TPSA) is 41.8 Å². The number of nitrogens with two attached hydrogens (primary N) is 1. The minimum Gasteiger partial charge on any atom is -0.358 e. The van der Waals surface area contributed by atoms with Crippen LogP contribution >= 0.6 is 0 Å². The fourth-order valence-corrected chi connectivity index (χ4v) is 2.39. The average Bonchev–Trinajstić information content (AvgIpc) is 2.54. The van der Waals surface area contributed by atoms with Gasteiger partial charge in [0.15, 0.2) is 0 Å².